The minimum absolute atomic E-state index is 0.0262. The zero-order chi connectivity index (χ0) is 19.9. The summed E-state index contributed by atoms with van der Waals surface area (Å²) >= 11 is 0. The molecule has 0 atom stereocenters. The van der Waals surface area contributed by atoms with Gasteiger partial charge in [0.05, 0.1) is 4.92 Å². The van der Waals surface area contributed by atoms with Gasteiger partial charge in [-0.3, -0.25) is 19.7 Å². The van der Waals surface area contributed by atoms with Crippen LogP contribution in [0.1, 0.15) is 38.0 Å². The van der Waals surface area contributed by atoms with Crippen LogP contribution in [0.2, 0.25) is 0 Å². The lowest BCUT2D eigenvalue weighted by atomic mass is 9.89. The number of nitrogens with zero attached hydrogens (tertiary/aromatic N) is 3. The lowest BCUT2D eigenvalue weighted by molar-refractivity contribution is -0.384. The number of amides is 1. The maximum atomic E-state index is 12.0. The van der Waals surface area contributed by atoms with Gasteiger partial charge in [0.15, 0.2) is 6.61 Å². The summed E-state index contributed by atoms with van der Waals surface area (Å²) in [6.45, 7) is -0.434. The fraction of sp³-hybridized carbons (Fsp3) is 0.444. The molecule has 0 saturated heterocycles. The molecule has 0 bridgehead atoms. The Morgan fingerprint density at radius 3 is 2.57 bits per heavy atom. The number of ether oxygens (including phenoxy) is 1. The molecule has 1 heterocycles. The van der Waals surface area contributed by atoms with E-state index in [9.17, 15) is 19.7 Å². The van der Waals surface area contributed by atoms with Crippen molar-refractivity contribution in [2.75, 3.05) is 6.54 Å². The molecule has 0 radical (unpaired) electrons. The first-order valence-electron chi connectivity index (χ1n) is 9.03. The molecule has 2 aromatic rings. The standard InChI is InChI=1S/C18H20N4O6/c23-16(10-19-17(24)12-4-2-1-3-5-12)27-11-15-20-21-18(28-15)13-6-8-14(9-7-13)22(25)26/h6-9,12H,1-5,10-11H2,(H,19,24). The van der Waals surface area contributed by atoms with Crippen molar-refractivity contribution < 1.29 is 23.7 Å². The van der Waals surface area contributed by atoms with Gasteiger partial charge in [-0.2, -0.15) is 0 Å². The lowest BCUT2D eigenvalue weighted by Crippen LogP contribution is -2.36. The fourth-order valence-corrected chi connectivity index (χ4v) is 3.02. The second-order valence-corrected chi connectivity index (χ2v) is 6.52. The maximum absolute atomic E-state index is 12.0. The average molecular weight is 388 g/mol. The van der Waals surface area contributed by atoms with Crippen LogP contribution in [-0.2, 0) is 20.9 Å². The van der Waals surface area contributed by atoms with E-state index in [-0.39, 0.29) is 42.4 Å². The van der Waals surface area contributed by atoms with Crippen molar-refractivity contribution in [3.8, 4) is 11.5 Å². The molecule has 1 aliphatic rings. The van der Waals surface area contributed by atoms with Gasteiger partial charge in [0.2, 0.25) is 11.8 Å². The molecule has 0 aliphatic heterocycles. The third-order valence-corrected chi connectivity index (χ3v) is 4.53. The Hall–Kier alpha value is -3.30. The first kappa shape index (κ1) is 19.5. The summed E-state index contributed by atoms with van der Waals surface area (Å²) in [6, 6.07) is 5.63. The number of nitrogens with one attached hydrogen (secondary N) is 1. The van der Waals surface area contributed by atoms with E-state index in [1.54, 1.807) is 0 Å². The topological polar surface area (TPSA) is 137 Å². The first-order valence-corrected chi connectivity index (χ1v) is 9.03. The Morgan fingerprint density at radius 1 is 1.18 bits per heavy atom. The van der Waals surface area contributed by atoms with Gasteiger partial charge < -0.3 is 14.5 Å². The van der Waals surface area contributed by atoms with E-state index in [0.29, 0.717) is 5.56 Å². The predicted molar refractivity (Wildman–Crippen MR) is 95.8 cm³/mol. The smallest absolute Gasteiger partial charge is 0.325 e. The summed E-state index contributed by atoms with van der Waals surface area (Å²) in [4.78, 5) is 34.0. The minimum Gasteiger partial charge on any atom is -0.454 e. The molecule has 10 heteroatoms. The maximum Gasteiger partial charge on any atom is 0.325 e. The highest BCUT2D eigenvalue weighted by Crippen LogP contribution is 2.23. The zero-order valence-corrected chi connectivity index (χ0v) is 15.1. The molecule has 148 valence electrons. The number of carbonyl (C=O) groups excluding carboxylic acids is 2. The van der Waals surface area contributed by atoms with E-state index in [2.05, 4.69) is 15.5 Å². The normalized spacial score (nSPS) is 14.4. The quantitative estimate of drug-likeness (QED) is 0.433. The van der Waals surface area contributed by atoms with Gasteiger partial charge in [0, 0.05) is 23.6 Å². The highest BCUT2D eigenvalue weighted by molar-refractivity contribution is 5.83. The summed E-state index contributed by atoms with van der Waals surface area (Å²) in [7, 11) is 0. The van der Waals surface area contributed by atoms with Crippen LogP contribution in [-0.4, -0.2) is 33.5 Å². The van der Waals surface area contributed by atoms with Crippen LogP contribution in [0.4, 0.5) is 5.69 Å². The number of esters is 1. The molecule has 1 N–H and O–H groups in total. The van der Waals surface area contributed by atoms with Crippen molar-refractivity contribution in [1.82, 2.24) is 15.5 Å². The van der Waals surface area contributed by atoms with Crippen LogP contribution in [0.5, 0.6) is 0 Å². The number of nitro benzene ring substituents is 1. The summed E-state index contributed by atoms with van der Waals surface area (Å²) in [5, 5.41) is 20.9. The third-order valence-electron chi connectivity index (χ3n) is 4.53. The molecule has 0 spiro atoms. The summed E-state index contributed by atoms with van der Waals surface area (Å²) in [5.74, 6) is -0.497. The van der Waals surface area contributed by atoms with Gasteiger partial charge in [0.1, 0.15) is 6.54 Å². The Bertz CT molecular complexity index is 842. The number of hydrogen-bond acceptors (Lipinski definition) is 8. The molecule has 1 amide bonds. The highest BCUT2D eigenvalue weighted by atomic mass is 16.6. The molecule has 0 unspecified atom stereocenters. The van der Waals surface area contributed by atoms with Gasteiger partial charge in [-0.1, -0.05) is 19.3 Å². The van der Waals surface area contributed by atoms with E-state index < -0.39 is 10.9 Å². The minimum atomic E-state index is -0.598. The van der Waals surface area contributed by atoms with Crippen molar-refractivity contribution >= 4 is 17.6 Å². The molecule has 3 rings (SSSR count). The predicted octanol–water partition coefficient (Wildman–Crippen LogP) is 2.38. The molecule has 1 saturated carbocycles. The van der Waals surface area contributed by atoms with E-state index in [1.165, 1.54) is 24.3 Å². The lowest BCUT2D eigenvalue weighted by Gasteiger charge is -2.20. The molecule has 28 heavy (non-hydrogen) atoms. The SMILES string of the molecule is O=C(CNC(=O)C1CCCCC1)OCc1nnc(-c2ccc([N+](=O)[O-])cc2)o1. The Balaban J connectivity index is 1.45. The molecular formula is C18H20N4O6. The number of nitro groups is 1. The van der Waals surface area contributed by atoms with Gasteiger partial charge in [-0.25, -0.2) is 0 Å². The van der Waals surface area contributed by atoms with Crippen LogP contribution >= 0.6 is 0 Å². The Morgan fingerprint density at radius 2 is 1.89 bits per heavy atom. The average Bonchev–Trinajstić information content (AvgIpc) is 3.20. The van der Waals surface area contributed by atoms with Crippen LogP contribution in [0.25, 0.3) is 11.5 Å². The summed E-state index contributed by atoms with van der Waals surface area (Å²) < 4.78 is 10.4. The van der Waals surface area contributed by atoms with Crippen molar-refractivity contribution in [3.63, 3.8) is 0 Å². The van der Waals surface area contributed by atoms with E-state index >= 15 is 0 Å². The Labute approximate surface area is 160 Å². The number of carbonyl (C=O) groups is 2. The third kappa shape index (κ3) is 5.12. The number of non-ortho nitro benzene ring substituents is 1. The van der Waals surface area contributed by atoms with Crippen LogP contribution in [0.3, 0.4) is 0 Å². The van der Waals surface area contributed by atoms with Crippen molar-refractivity contribution in [2.45, 2.75) is 38.7 Å². The molecule has 1 aromatic heterocycles. The number of rotatable bonds is 7. The van der Waals surface area contributed by atoms with E-state index in [1.807, 2.05) is 0 Å². The van der Waals surface area contributed by atoms with Crippen LogP contribution in [0, 0.1) is 16.0 Å². The zero-order valence-electron chi connectivity index (χ0n) is 15.1. The summed E-state index contributed by atoms with van der Waals surface area (Å²) in [6.07, 6.45) is 4.94. The van der Waals surface area contributed by atoms with Gasteiger partial charge in [-0.15, -0.1) is 10.2 Å². The molecule has 1 fully saturated rings. The van der Waals surface area contributed by atoms with Crippen molar-refractivity contribution in [1.29, 1.82) is 0 Å². The van der Waals surface area contributed by atoms with Crippen molar-refractivity contribution in [3.05, 3.63) is 40.3 Å². The molecular weight excluding hydrogens is 368 g/mol. The fourth-order valence-electron chi connectivity index (χ4n) is 3.02. The highest BCUT2D eigenvalue weighted by Gasteiger charge is 2.21. The molecule has 1 aliphatic carbocycles. The van der Waals surface area contributed by atoms with Gasteiger partial charge in [0.25, 0.3) is 11.6 Å². The number of benzene rings is 1. The monoisotopic (exact) mass is 388 g/mol. The van der Waals surface area contributed by atoms with E-state index in [0.717, 1.165) is 32.1 Å². The Kier molecular flexibility index (Phi) is 6.30. The van der Waals surface area contributed by atoms with Gasteiger partial charge in [-0.05, 0) is 25.0 Å². The summed E-state index contributed by atoms with van der Waals surface area (Å²) in [5.41, 5.74) is 0.461. The first-order chi connectivity index (χ1) is 13.5. The number of aromatic nitrogens is 2. The second-order valence-electron chi connectivity index (χ2n) is 6.52. The number of hydrogen-bond donors (Lipinski definition) is 1. The second kappa shape index (κ2) is 9.07. The van der Waals surface area contributed by atoms with Crippen LogP contribution in [0.15, 0.2) is 28.7 Å². The van der Waals surface area contributed by atoms with E-state index in [4.69, 9.17) is 9.15 Å². The molecule has 1 aromatic carbocycles. The van der Waals surface area contributed by atoms with Crippen LogP contribution < -0.4 is 5.32 Å². The van der Waals surface area contributed by atoms with Gasteiger partial charge >= 0.3 is 5.97 Å². The molecule has 10 nitrogen and oxygen atoms in total. The van der Waals surface area contributed by atoms with Crippen molar-refractivity contribution in [2.24, 2.45) is 5.92 Å². The largest absolute Gasteiger partial charge is 0.454 e.